The Morgan fingerprint density at radius 3 is 2.32 bits per heavy atom. The molecule has 4 aliphatic rings. The maximum Gasteiger partial charge on any atom is 0.226 e. The Labute approximate surface area is 172 Å². The number of carbonyl (C=O) groups is 2. The minimum Gasteiger partial charge on any atom is -0.356 e. The summed E-state index contributed by atoms with van der Waals surface area (Å²) in [6.07, 6.45) is 8.36. The maximum atomic E-state index is 12.9. The third-order valence-electron chi connectivity index (χ3n) is 7.14. The molecule has 0 radical (unpaired) electrons. The van der Waals surface area contributed by atoms with Gasteiger partial charge >= 0.3 is 0 Å². The number of benzene rings is 1. The molecule has 5 rings (SSSR count). The summed E-state index contributed by atoms with van der Waals surface area (Å²) in [4.78, 5) is 25.2. The van der Waals surface area contributed by atoms with E-state index in [0.29, 0.717) is 24.4 Å². The summed E-state index contributed by atoms with van der Waals surface area (Å²) in [6.45, 7) is 2.52. The fourth-order valence-corrected chi connectivity index (χ4v) is 6.54. The van der Waals surface area contributed by atoms with Gasteiger partial charge in [-0.2, -0.15) is 0 Å². The third kappa shape index (κ3) is 4.07. The summed E-state index contributed by atoms with van der Waals surface area (Å²) in [7, 11) is 0. The summed E-state index contributed by atoms with van der Waals surface area (Å²) < 4.78 is 0. The van der Waals surface area contributed by atoms with Crippen LogP contribution in [0.3, 0.4) is 0 Å². The minimum atomic E-state index is -0.122. The van der Waals surface area contributed by atoms with Crippen LogP contribution in [0.25, 0.3) is 0 Å². The van der Waals surface area contributed by atoms with Gasteiger partial charge in [-0.05, 0) is 81.3 Å². The molecule has 28 heavy (non-hydrogen) atoms. The van der Waals surface area contributed by atoms with E-state index in [9.17, 15) is 9.59 Å². The monoisotopic (exact) mass is 402 g/mol. The van der Waals surface area contributed by atoms with E-state index in [1.807, 2.05) is 31.2 Å². The molecule has 4 bridgehead atoms. The molecular formula is C23H31ClN2O2. The Balaban J connectivity index is 1.20. The van der Waals surface area contributed by atoms with Gasteiger partial charge in [-0.15, -0.1) is 0 Å². The molecule has 2 amide bonds. The number of nitrogens with one attached hydrogen (secondary N) is 2. The molecule has 5 heteroatoms. The molecule has 4 saturated carbocycles. The summed E-state index contributed by atoms with van der Waals surface area (Å²) in [5, 5.41) is 6.81. The molecule has 0 aliphatic heterocycles. The third-order valence-corrected chi connectivity index (χ3v) is 7.48. The highest BCUT2D eigenvalue weighted by molar-refractivity contribution is 6.31. The van der Waals surface area contributed by atoms with Crippen molar-refractivity contribution in [1.29, 1.82) is 0 Å². The van der Waals surface area contributed by atoms with Gasteiger partial charge in [0.25, 0.3) is 0 Å². The van der Waals surface area contributed by atoms with Crippen molar-refractivity contribution in [3.8, 4) is 0 Å². The first kappa shape index (κ1) is 19.8. The van der Waals surface area contributed by atoms with E-state index in [4.69, 9.17) is 11.6 Å². The average Bonchev–Trinajstić information content (AvgIpc) is 2.64. The zero-order valence-corrected chi connectivity index (χ0v) is 17.4. The van der Waals surface area contributed by atoms with Gasteiger partial charge in [-0.3, -0.25) is 9.59 Å². The van der Waals surface area contributed by atoms with Gasteiger partial charge in [0.15, 0.2) is 0 Å². The van der Waals surface area contributed by atoms with E-state index in [1.165, 1.54) is 19.3 Å². The second kappa shape index (κ2) is 8.06. The first-order valence-corrected chi connectivity index (χ1v) is 11.1. The summed E-state index contributed by atoms with van der Waals surface area (Å²) in [5.41, 5.74) is 0.822. The summed E-state index contributed by atoms with van der Waals surface area (Å²) in [6, 6.07) is 7.44. The zero-order valence-electron chi connectivity index (χ0n) is 16.7. The molecule has 1 aromatic rings. The average molecular weight is 403 g/mol. The summed E-state index contributed by atoms with van der Waals surface area (Å²) in [5.74, 6) is 2.56. The lowest BCUT2D eigenvalue weighted by Gasteiger charge is -2.55. The second-order valence-electron chi connectivity index (χ2n) is 9.37. The Morgan fingerprint density at radius 2 is 1.71 bits per heavy atom. The lowest BCUT2D eigenvalue weighted by Crippen LogP contribution is -2.53. The van der Waals surface area contributed by atoms with Gasteiger partial charge in [0, 0.05) is 23.4 Å². The van der Waals surface area contributed by atoms with Crippen LogP contribution < -0.4 is 10.6 Å². The second-order valence-corrected chi connectivity index (χ2v) is 9.78. The quantitative estimate of drug-likeness (QED) is 0.653. The largest absolute Gasteiger partial charge is 0.356 e. The predicted octanol–water partition coefficient (Wildman–Crippen LogP) is 4.63. The highest BCUT2D eigenvalue weighted by Crippen LogP contribution is 2.60. The lowest BCUT2D eigenvalue weighted by atomic mass is 9.49. The van der Waals surface area contributed by atoms with Crippen molar-refractivity contribution < 1.29 is 9.59 Å². The molecule has 1 unspecified atom stereocenters. The Morgan fingerprint density at radius 1 is 1.11 bits per heavy atom. The van der Waals surface area contributed by atoms with Gasteiger partial charge in [0.05, 0.1) is 6.04 Å². The minimum absolute atomic E-state index is 0.00327. The molecule has 4 nitrogen and oxygen atoms in total. The highest BCUT2D eigenvalue weighted by Gasteiger charge is 2.54. The Bertz CT molecular complexity index is 713. The van der Waals surface area contributed by atoms with E-state index < -0.39 is 0 Å². The van der Waals surface area contributed by atoms with Crippen molar-refractivity contribution in [2.24, 2.45) is 23.2 Å². The van der Waals surface area contributed by atoms with Crippen LogP contribution in [0, 0.1) is 23.2 Å². The molecule has 2 N–H and O–H groups in total. The smallest absolute Gasteiger partial charge is 0.226 e. The number of amides is 2. The predicted molar refractivity (Wildman–Crippen MR) is 111 cm³/mol. The van der Waals surface area contributed by atoms with Crippen LogP contribution >= 0.6 is 11.6 Å². The molecular weight excluding hydrogens is 372 g/mol. The summed E-state index contributed by atoms with van der Waals surface area (Å²) >= 11 is 6.19. The van der Waals surface area contributed by atoms with E-state index in [-0.39, 0.29) is 23.3 Å². The first-order valence-electron chi connectivity index (χ1n) is 10.8. The maximum absolute atomic E-state index is 12.9. The normalized spacial score (nSPS) is 31.4. The van der Waals surface area contributed by atoms with Gasteiger partial charge < -0.3 is 10.6 Å². The van der Waals surface area contributed by atoms with Crippen LogP contribution in [-0.4, -0.2) is 18.4 Å². The topological polar surface area (TPSA) is 58.2 Å². The highest BCUT2D eigenvalue weighted by atomic mass is 35.5. The van der Waals surface area contributed by atoms with Crippen LogP contribution in [0.1, 0.15) is 69.9 Å². The van der Waals surface area contributed by atoms with Gasteiger partial charge in [0.2, 0.25) is 11.8 Å². The molecule has 152 valence electrons. The van der Waals surface area contributed by atoms with Crippen LogP contribution in [0.5, 0.6) is 0 Å². The molecule has 1 aromatic carbocycles. The molecule has 0 spiro atoms. The first-order chi connectivity index (χ1) is 13.4. The molecule has 1 atom stereocenters. The van der Waals surface area contributed by atoms with E-state index in [0.717, 1.165) is 42.6 Å². The van der Waals surface area contributed by atoms with Crippen molar-refractivity contribution in [1.82, 2.24) is 10.6 Å². The van der Waals surface area contributed by atoms with Crippen molar-refractivity contribution in [2.45, 2.75) is 64.3 Å². The molecule has 0 saturated heterocycles. The number of hydrogen-bond acceptors (Lipinski definition) is 2. The van der Waals surface area contributed by atoms with Crippen molar-refractivity contribution >= 4 is 23.4 Å². The Hall–Kier alpha value is -1.55. The van der Waals surface area contributed by atoms with Crippen LogP contribution in [0.15, 0.2) is 24.3 Å². The fourth-order valence-electron chi connectivity index (χ4n) is 6.24. The Kier molecular flexibility index (Phi) is 5.69. The number of rotatable bonds is 7. The number of hydrogen-bond donors (Lipinski definition) is 2. The van der Waals surface area contributed by atoms with Gasteiger partial charge in [-0.1, -0.05) is 29.8 Å². The van der Waals surface area contributed by atoms with Crippen molar-refractivity contribution in [2.75, 3.05) is 6.54 Å². The lowest BCUT2D eigenvalue weighted by molar-refractivity contribution is -0.146. The van der Waals surface area contributed by atoms with Crippen LogP contribution in [0.2, 0.25) is 5.02 Å². The molecule has 0 heterocycles. The number of halogens is 1. The van der Waals surface area contributed by atoms with Crippen LogP contribution in [-0.2, 0) is 9.59 Å². The molecule has 4 aliphatic carbocycles. The standard InChI is InChI=1S/C23H31ClN2O2/c1-15(19-5-2-3-6-20(19)24)26-21(27)7-4-8-25-22(28)23-12-16-9-17(13-23)11-18(10-16)14-23/h2-3,5-6,15-18H,4,7-14H2,1H3,(H,25,28)(H,26,27). The fraction of sp³-hybridized carbons (Fsp3) is 0.652. The molecule has 0 aromatic heterocycles. The van der Waals surface area contributed by atoms with E-state index in [2.05, 4.69) is 10.6 Å². The van der Waals surface area contributed by atoms with Crippen molar-refractivity contribution in [3.63, 3.8) is 0 Å². The molecule has 4 fully saturated rings. The van der Waals surface area contributed by atoms with E-state index >= 15 is 0 Å². The van der Waals surface area contributed by atoms with Gasteiger partial charge in [-0.25, -0.2) is 0 Å². The zero-order chi connectivity index (χ0) is 19.7. The van der Waals surface area contributed by atoms with Crippen LogP contribution in [0.4, 0.5) is 0 Å². The van der Waals surface area contributed by atoms with Crippen molar-refractivity contribution in [3.05, 3.63) is 34.9 Å². The number of carbonyl (C=O) groups excluding carboxylic acids is 2. The van der Waals surface area contributed by atoms with E-state index in [1.54, 1.807) is 0 Å². The van der Waals surface area contributed by atoms with Gasteiger partial charge in [0.1, 0.15) is 0 Å². The SMILES string of the molecule is CC(NC(=O)CCCNC(=O)C12CC3CC(CC(C3)C1)C2)c1ccccc1Cl.